The molecule has 1 N–H and O–H groups in total. The lowest BCUT2D eigenvalue weighted by molar-refractivity contribution is -0.165. The SMILES string of the molecule is COC(=O)c1cccc(NC(=O)COc2ccc(C34CC5CC(C3)C(C(=O)OCc3ccc(OC)cc3)C(C5)C4)cc2)c1. The molecule has 3 aromatic rings. The number of hydrogen-bond acceptors (Lipinski definition) is 7. The van der Waals surface area contributed by atoms with E-state index < -0.39 is 5.97 Å². The number of nitrogens with one attached hydrogen (secondary N) is 1. The van der Waals surface area contributed by atoms with Crippen LogP contribution in [-0.2, 0) is 31.1 Å². The summed E-state index contributed by atoms with van der Waals surface area (Å²) in [6.45, 7) is 0.131. The second kappa shape index (κ2) is 12.1. The molecule has 2 unspecified atom stereocenters. The van der Waals surface area contributed by atoms with Crippen LogP contribution in [0.15, 0.2) is 72.8 Å². The molecule has 0 radical (unpaired) electrons. The Labute approximate surface area is 251 Å². The van der Waals surface area contributed by atoms with Crippen molar-refractivity contribution in [3.63, 3.8) is 0 Å². The van der Waals surface area contributed by atoms with Crippen molar-refractivity contribution in [2.75, 3.05) is 26.1 Å². The summed E-state index contributed by atoms with van der Waals surface area (Å²) in [4.78, 5) is 37.5. The summed E-state index contributed by atoms with van der Waals surface area (Å²) in [5, 5.41) is 2.75. The van der Waals surface area contributed by atoms with E-state index in [0.29, 0.717) is 34.8 Å². The first-order valence-electron chi connectivity index (χ1n) is 14.9. The number of esters is 2. The lowest BCUT2D eigenvalue weighted by Crippen LogP contribution is -2.55. The third-order valence-corrected chi connectivity index (χ3v) is 9.49. The molecule has 0 heterocycles. The first-order chi connectivity index (χ1) is 20.9. The van der Waals surface area contributed by atoms with Crippen molar-refractivity contribution in [3.05, 3.63) is 89.5 Å². The third kappa shape index (κ3) is 6.10. The van der Waals surface area contributed by atoms with E-state index in [-0.39, 0.29) is 36.4 Å². The van der Waals surface area contributed by atoms with Gasteiger partial charge < -0.3 is 24.3 Å². The first kappa shape index (κ1) is 28.8. The van der Waals surface area contributed by atoms with Gasteiger partial charge in [-0.2, -0.15) is 0 Å². The highest BCUT2D eigenvalue weighted by Crippen LogP contribution is 2.63. The van der Waals surface area contributed by atoms with E-state index >= 15 is 0 Å². The van der Waals surface area contributed by atoms with Crippen molar-refractivity contribution in [1.82, 2.24) is 0 Å². The van der Waals surface area contributed by atoms with Crippen LogP contribution in [0.2, 0.25) is 0 Å². The number of ether oxygens (including phenoxy) is 4. The molecule has 224 valence electrons. The van der Waals surface area contributed by atoms with Gasteiger partial charge in [-0.05, 0) is 109 Å². The van der Waals surface area contributed by atoms with Crippen molar-refractivity contribution in [2.45, 2.75) is 44.1 Å². The molecule has 8 heteroatoms. The van der Waals surface area contributed by atoms with Crippen LogP contribution in [0.1, 0.15) is 53.6 Å². The molecule has 8 nitrogen and oxygen atoms in total. The quantitative estimate of drug-likeness (QED) is 0.295. The minimum Gasteiger partial charge on any atom is -0.497 e. The van der Waals surface area contributed by atoms with Crippen molar-refractivity contribution in [2.24, 2.45) is 23.7 Å². The van der Waals surface area contributed by atoms with Gasteiger partial charge in [0.05, 0.1) is 25.7 Å². The standard InChI is InChI=1S/C35H37NO7/c1-40-29-10-6-22(7-11-29)20-43-34(39)32-25-14-23-15-26(32)19-35(17-23,18-25)27-8-12-30(13-9-27)42-21-31(37)36-28-5-3-4-24(16-28)33(38)41-2/h3-13,16,23,25-26,32H,14-15,17-21H2,1-2H3,(H,36,37). The maximum atomic E-state index is 13.3. The van der Waals surface area contributed by atoms with Gasteiger partial charge in [-0.15, -0.1) is 0 Å². The van der Waals surface area contributed by atoms with Gasteiger partial charge in [0.15, 0.2) is 6.61 Å². The molecule has 0 saturated heterocycles. The van der Waals surface area contributed by atoms with E-state index in [4.69, 9.17) is 18.9 Å². The highest BCUT2D eigenvalue weighted by molar-refractivity contribution is 5.95. The van der Waals surface area contributed by atoms with Crippen LogP contribution in [0.5, 0.6) is 11.5 Å². The molecule has 0 aliphatic heterocycles. The van der Waals surface area contributed by atoms with E-state index in [9.17, 15) is 14.4 Å². The van der Waals surface area contributed by atoms with Crippen LogP contribution in [0, 0.1) is 23.7 Å². The Bertz CT molecular complexity index is 1470. The van der Waals surface area contributed by atoms with Crippen LogP contribution < -0.4 is 14.8 Å². The maximum absolute atomic E-state index is 13.3. The largest absolute Gasteiger partial charge is 0.497 e. The predicted octanol–water partition coefficient (Wildman–Crippen LogP) is 5.94. The van der Waals surface area contributed by atoms with Gasteiger partial charge in [0.25, 0.3) is 5.91 Å². The number of hydrogen-bond donors (Lipinski definition) is 1. The Kier molecular flexibility index (Phi) is 8.10. The Morgan fingerprint density at radius 3 is 2.23 bits per heavy atom. The number of carbonyl (C=O) groups is 3. The molecule has 3 aromatic carbocycles. The van der Waals surface area contributed by atoms with Crippen LogP contribution >= 0.6 is 0 Å². The molecule has 0 spiro atoms. The summed E-state index contributed by atoms with van der Waals surface area (Å²) >= 11 is 0. The zero-order chi connectivity index (χ0) is 30.0. The van der Waals surface area contributed by atoms with Gasteiger partial charge in [-0.3, -0.25) is 9.59 Å². The zero-order valence-corrected chi connectivity index (χ0v) is 24.5. The number of anilines is 1. The van der Waals surface area contributed by atoms with E-state index in [0.717, 1.165) is 43.4 Å². The van der Waals surface area contributed by atoms with E-state index in [1.807, 2.05) is 36.4 Å². The maximum Gasteiger partial charge on any atom is 0.337 e. The molecule has 4 saturated carbocycles. The Morgan fingerprint density at radius 2 is 1.56 bits per heavy atom. The van der Waals surface area contributed by atoms with Crippen molar-refractivity contribution < 1.29 is 33.3 Å². The fraction of sp³-hybridized carbons (Fsp3) is 0.400. The Morgan fingerprint density at radius 1 is 0.860 bits per heavy atom. The monoisotopic (exact) mass is 583 g/mol. The van der Waals surface area contributed by atoms with E-state index in [1.54, 1.807) is 31.4 Å². The minimum atomic E-state index is -0.466. The number of benzene rings is 3. The Hall–Kier alpha value is -4.33. The summed E-state index contributed by atoms with van der Waals surface area (Å²) < 4.78 is 21.6. The second-order valence-corrected chi connectivity index (χ2v) is 12.2. The molecule has 0 aromatic heterocycles. The van der Waals surface area contributed by atoms with Crippen molar-refractivity contribution in [3.8, 4) is 11.5 Å². The summed E-state index contributed by atoms with van der Waals surface area (Å²) in [6, 6.07) is 22.3. The molecule has 4 aliphatic carbocycles. The molecular weight excluding hydrogens is 546 g/mol. The normalized spacial score (nSPS) is 25.1. The average molecular weight is 584 g/mol. The predicted molar refractivity (Wildman–Crippen MR) is 160 cm³/mol. The number of amides is 1. The highest BCUT2D eigenvalue weighted by Gasteiger charge is 2.58. The second-order valence-electron chi connectivity index (χ2n) is 12.2. The van der Waals surface area contributed by atoms with Crippen LogP contribution in [0.25, 0.3) is 0 Å². The van der Waals surface area contributed by atoms with Gasteiger partial charge in [-0.25, -0.2) is 4.79 Å². The number of carbonyl (C=O) groups excluding carboxylic acids is 3. The van der Waals surface area contributed by atoms with Gasteiger partial charge in [0.1, 0.15) is 18.1 Å². The molecule has 1 amide bonds. The highest BCUT2D eigenvalue weighted by atomic mass is 16.5. The van der Waals surface area contributed by atoms with Crippen molar-refractivity contribution >= 4 is 23.5 Å². The fourth-order valence-corrected chi connectivity index (χ4v) is 7.83. The molecule has 2 atom stereocenters. The zero-order valence-electron chi connectivity index (χ0n) is 24.5. The van der Waals surface area contributed by atoms with E-state index in [1.165, 1.54) is 12.7 Å². The summed E-state index contributed by atoms with van der Waals surface area (Å²) in [5.74, 6) is 1.84. The molecule has 43 heavy (non-hydrogen) atoms. The third-order valence-electron chi connectivity index (χ3n) is 9.49. The first-order valence-corrected chi connectivity index (χ1v) is 14.9. The molecule has 7 rings (SSSR count). The van der Waals surface area contributed by atoms with Gasteiger partial charge in [-0.1, -0.05) is 30.3 Å². The van der Waals surface area contributed by atoms with E-state index in [2.05, 4.69) is 17.4 Å². The molecule has 4 bridgehead atoms. The van der Waals surface area contributed by atoms with Crippen LogP contribution in [0.4, 0.5) is 5.69 Å². The molecule has 4 fully saturated rings. The van der Waals surface area contributed by atoms with Crippen LogP contribution in [-0.4, -0.2) is 38.7 Å². The van der Waals surface area contributed by atoms with Gasteiger partial charge in [0, 0.05) is 5.69 Å². The van der Waals surface area contributed by atoms with Gasteiger partial charge >= 0.3 is 11.9 Å². The summed E-state index contributed by atoms with van der Waals surface area (Å²) in [7, 11) is 2.95. The van der Waals surface area contributed by atoms with Crippen LogP contribution in [0.3, 0.4) is 0 Å². The minimum absolute atomic E-state index is 0.0302. The fourth-order valence-electron chi connectivity index (χ4n) is 7.83. The summed E-state index contributed by atoms with van der Waals surface area (Å²) in [5.41, 5.74) is 3.18. The number of methoxy groups -OCH3 is 2. The topological polar surface area (TPSA) is 100 Å². The van der Waals surface area contributed by atoms with Crippen molar-refractivity contribution in [1.29, 1.82) is 0 Å². The molecular formula is C35H37NO7. The lowest BCUT2D eigenvalue weighted by Gasteiger charge is -2.59. The smallest absolute Gasteiger partial charge is 0.337 e. The van der Waals surface area contributed by atoms with Gasteiger partial charge in [0.2, 0.25) is 0 Å². The Balaban J connectivity index is 1.04. The number of rotatable bonds is 10. The average Bonchev–Trinajstić information content (AvgIpc) is 3.02. The molecule has 4 aliphatic rings. The summed E-state index contributed by atoms with van der Waals surface area (Å²) in [6.07, 6.45) is 5.34. The lowest BCUT2D eigenvalue weighted by atomic mass is 9.45.